The molecule has 2 aromatic carbocycles. The van der Waals surface area contributed by atoms with Crippen molar-refractivity contribution in [1.29, 1.82) is 0 Å². The normalized spacial score (nSPS) is 10.6. The Morgan fingerprint density at radius 3 is 2.63 bits per heavy atom. The molecular formula is C19H17N3O4S. The van der Waals surface area contributed by atoms with Crippen LogP contribution in [0.25, 0.3) is 11.0 Å². The molecule has 8 heteroatoms. The number of thioether (sulfide) groups is 1. The molecule has 0 bridgehead atoms. The van der Waals surface area contributed by atoms with E-state index in [1.807, 2.05) is 12.1 Å². The summed E-state index contributed by atoms with van der Waals surface area (Å²) in [6.45, 7) is 2.04. The largest absolute Gasteiger partial charge is 0.462 e. The predicted molar refractivity (Wildman–Crippen MR) is 104 cm³/mol. The number of carbonyl (C=O) groups is 2. The first kappa shape index (κ1) is 18.7. The van der Waals surface area contributed by atoms with Crippen molar-refractivity contribution in [2.75, 3.05) is 17.7 Å². The van der Waals surface area contributed by atoms with Gasteiger partial charge in [-0.25, -0.2) is 9.78 Å². The molecule has 0 aliphatic carbocycles. The monoisotopic (exact) mass is 383 g/mol. The van der Waals surface area contributed by atoms with E-state index in [4.69, 9.17) is 4.74 Å². The van der Waals surface area contributed by atoms with Crippen LogP contribution in [-0.2, 0) is 9.53 Å². The predicted octanol–water partition coefficient (Wildman–Crippen LogP) is 2.83. The number of H-pyrrole nitrogens is 1. The second kappa shape index (κ2) is 8.50. The van der Waals surface area contributed by atoms with Crippen molar-refractivity contribution in [3.05, 3.63) is 64.4 Å². The molecule has 0 aliphatic rings. The molecule has 0 radical (unpaired) electrons. The van der Waals surface area contributed by atoms with Crippen LogP contribution in [0.15, 0.2) is 58.4 Å². The summed E-state index contributed by atoms with van der Waals surface area (Å²) in [4.78, 5) is 42.8. The highest BCUT2D eigenvalue weighted by Gasteiger charge is 2.10. The van der Waals surface area contributed by atoms with Gasteiger partial charge in [-0.3, -0.25) is 9.59 Å². The molecule has 1 amide bonds. The van der Waals surface area contributed by atoms with Crippen molar-refractivity contribution >= 4 is 40.4 Å². The summed E-state index contributed by atoms with van der Waals surface area (Å²) >= 11 is 1.06. The Morgan fingerprint density at radius 2 is 1.89 bits per heavy atom. The van der Waals surface area contributed by atoms with E-state index in [1.165, 1.54) is 0 Å². The van der Waals surface area contributed by atoms with E-state index < -0.39 is 5.97 Å². The van der Waals surface area contributed by atoms with E-state index in [-0.39, 0.29) is 22.2 Å². The van der Waals surface area contributed by atoms with Gasteiger partial charge in [0.05, 0.1) is 29.0 Å². The number of ether oxygens (including phenoxy) is 1. The maximum atomic E-state index is 12.1. The number of benzene rings is 2. The Balaban J connectivity index is 1.61. The standard InChI is InChI=1S/C19H17N3O4S/c1-2-26-19(25)12-7-9-13(10-8-12)20-16(23)11-27-18-17(24)21-14-5-3-4-6-15(14)22-18/h3-10H,2,11H2,1H3,(H,20,23)(H,21,24). The molecular weight excluding hydrogens is 366 g/mol. The number of fused-ring (bicyclic) bond motifs is 1. The van der Waals surface area contributed by atoms with Crippen LogP contribution in [0, 0.1) is 0 Å². The molecule has 0 saturated heterocycles. The summed E-state index contributed by atoms with van der Waals surface area (Å²) in [6, 6.07) is 13.6. The number of aromatic amines is 1. The Hall–Kier alpha value is -3.13. The minimum Gasteiger partial charge on any atom is -0.462 e. The van der Waals surface area contributed by atoms with Gasteiger partial charge in [0, 0.05) is 5.69 Å². The maximum Gasteiger partial charge on any atom is 0.338 e. The van der Waals surface area contributed by atoms with Crippen molar-refractivity contribution in [1.82, 2.24) is 9.97 Å². The van der Waals surface area contributed by atoms with Gasteiger partial charge in [0.15, 0.2) is 5.03 Å². The van der Waals surface area contributed by atoms with Crippen molar-refractivity contribution in [2.24, 2.45) is 0 Å². The second-order valence-corrected chi connectivity index (χ2v) is 6.49. The first-order chi connectivity index (χ1) is 13.1. The first-order valence-electron chi connectivity index (χ1n) is 8.25. The van der Waals surface area contributed by atoms with Gasteiger partial charge in [-0.05, 0) is 43.3 Å². The number of nitrogens with zero attached hydrogens (tertiary/aromatic N) is 1. The van der Waals surface area contributed by atoms with Gasteiger partial charge < -0.3 is 15.0 Å². The number of para-hydroxylation sites is 2. The third-order valence-electron chi connectivity index (χ3n) is 3.59. The van der Waals surface area contributed by atoms with Gasteiger partial charge in [-0.1, -0.05) is 23.9 Å². The number of esters is 1. The first-order valence-corrected chi connectivity index (χ1v) is 9.24. The van der Waals surface area contributed by atoms with E-state index in [0.717, 1.165) is 11.8 Å². The molecule has 0 unspecified atom stereocenters. The SMILES string of the molecule is CCOC(=O)c1ccc(NC(=O)CSc2nc3ccccc3[nH]c2=O)cc1. The van der Waals surface area contributed by atoms with E-state index in [0.29, 0.717) is 28.9 Å². The number of amides is 1. The quantitative estimate of drug-likeness (QED) is 0.501. The third-order valence-corrected chi connectivity index (χ3v) is 4.54. The average Bonchev–Trinajstić information content (AvgIpc) is 2.67. The maximum absolute atomic E-state index is 12.1. The zero-order valence-corrected chi connectivity index (χ0v) is 15.3. The Morgan fingerprint density at radius 1 is 1.15 bits per heavy atom. The van der Waals surface area contributed by atoms with E-state index in [2.05, 4.69) is 15.3 Å². The van der Waals surface area contributed by atoms with Gasteiger partial charge in [0.25, 0.3) is 5.56 Å². The lowest BCUT2D eigenvalue weighted by molar-refractivity contribution is -0.113. The van der Waals surface area contributed by atoms with Crippen LogP contribution in [0.4, 0.5) is 5.69 Å². The van der Waals surface area contributed by atoms with Gasteiger partial charge in [-0.2, -0.15) is 0 Å². The van der Waals surface area contributed by atoms with Gasteiger partial charge in [0.2, 0.25) is 5.91 Å². The van der Waals surface area contributed by atoms with E-state index in [1.54, 1.807) is 43.3 Å². The molecule has 3 aromatic rings. The van der Waals surface area contributed by atoms with Crippen molar-refractivity contribution in [2.45, 2.75) is 11.9 Å². The molecule has 138 valence electrons. The van der Waals surface area contributed by atoms with E-state index >= 15 is 0 Å². The molecule has 1 heterocycles. The zero-order chi connectivity index (χ0) is 19.2. The number of nitrogens with one attached hydrogen (secondary N) is 2. The number of rotatable bonds is 6. The molecule has 2 N–H and O–H groups in total. The van der Waals surface area contributed by atoms with Crippen LogP contribution < -0.4 is 10.9 Å². The number of aromatic nitrogens is 2. The molecule has 27 heavy (non-hydrogen) atoms. The molecule has 0 fully saturated rings. The summed E-state index contributed by atoms with van der Waals surface area (Å²) in [7, 11) is 0. The number of anilines is 1. The van der Waals surface area contributed by atoms with Crippen LogP contribution in [0.5, 0.6) is 0 Å². The lowest BCUT2D eigenvalue weighted by atomic mass is 10.2. The highest BCUT2D eigenvalue weighted by molar-refractivity contribution is 7.99. The molecule has 0 saturated carbocycles. The molecule has 1 aromatic heterocycles. The highest BCUT2D eigenvalue weighted by Crippen LogP contribution is 2.16. The lowest BCUT2D eigenvalue weighted by Gasteiger charge is -2.06. The van der Waals surface area contributed by atoms with E-state index in [9.17, 15) is 14.4 Å². The minimum absolute atomic E-state index is 0.0358. The lowest BCUT2D eigenvalue weighted by Crippen LogP contribution is -2.17. The smallest absolute Gasteiger partial charge is 0.338 e. The summed E-state index contributed by atoms with van der Waals surface area (Å²) in [5, 5.41) is 2.95. The fourth-order valence-electron chi connectivity index (χ4n) is 2.35. The average molecular weight is 383 g/mol. The van der Waals surface area contributed by atoms with Crippen molar-refractivity contribution in [3.63, 3.8) is 0 Å². The fraction of sp³-hybridized carbons (Fsp3) is 0.158. The summed E-state index contributed by atoms with van der Waals surface area (Å²) in [5.41, 5.74) is 1.95. The summed E-state index contributed by atoms with van der Waals surface area (Å²) in [5.74, 6) is -0.653. The summed E-state index contributed by atoms with van der Waals surface area (Å²) in [6.07, 6.45) is 0. The second-order valence-electron chi connectivity index (χ2n) is 5.52. The molecule has 3 rings (SSSR count). The molecule has 0 aliphatic heterocycles. The van der Waals surface area contributed by atoms with Crippen LogP contribution in [0.2, 0.25) is 0 Å². The van der Waals surface area contributed by atoms with Crippen LogP contribution in [0.3, 0.4) is 0 Å². The molecule has 0 spiro atoms. The zero-order valence-electron chi connectivity index (χ0n) is 14.5. The number of carbonyl (C=O) groups excluding carboxylic acids is 2. The van der Waals surface area contributed by atoms with Crippen molar-refractivity contribution < 1.29 is 14.3 Å². The molecule has 7 nitrogen and oxygen atoms in total. The van der Waals surface area contributed by atoms with Gasteiger partial charge in [-0.15, -0.1) is 0 Å². The highest BCUT2D eigenvalue weighted by atomic mass is 32.2. The number of hydrogen-bond donors (Lipinski definition) is 2. The van der Waals surface area contributed by atoms with Gasteiger partial charge in [0.1, 0.15) is 0 Å². The van der Waals surface area contributed by atoms with Crippen LogP contribution in [-0.4, -0.2) is 34.2 Å². The van der Waals surface area contributed by atoms with Gasteiger partial charge >= 0.3 is 5.97 Å². The third kappa shape index (κ3) is 4.73. The van der Waals surface area contributed by atoms with Crippen LogP contribution in [0.1, 0.15) is 17.3 Å². The Labute approximate surface area is 159 Å². The molecule has 0 atom stereocenters. The topological polar surface area (TPSA) is 101 Å². The van der Waals surface area contributed by atoms with Crippen molar-refractivity contribution in [3.8, 4) is 0 Å². The minimum atomic E-state index is -0.410. The Kier molecular flexibility index (Phi) is 5.87. The number of hydrogen-bond acceptors (Lipinski definition) is 6. The van der Waals surface area contributed by atoms with Crippen LogP contribution >= 0.6 is 11.8 Å². The Bertz CT molecular complexity index is 1030. The summed E-state index contributed by atoms with van der Waals surface area (Å²) < 4.78 is 4.91. The fourth-order valence-corrected chi connectivity index (χ4v) is 3.03.